The second-order valence-electron chi connectivity index (χ2n) is 2.98. The monoisotopic (exact) mass is 284 g/mol. The van der Waals surface area contributed by atoms with Gasteiger partial charge >= 0.3 is 0 Å². The van der Waals surface area contributed by atoms with Gasteiger partial charge < -0.3 is 5.11 Å². The maximum Gasteiger partial charge on any atom is 0.0682 e. The van der Waals surface area contributed by atoms with Crippen molar-refractivity contribution in [1.82, 2.24) is 0 Å². The minimum absolute atomic E-state index is 0.113. The minimum Gasteiger partial charge on any atom is -0.392 e. The second kappa shape index (κ2) is 3.64. The largest absolute Gasteiger partial charge is 0.392 e. The Morgan fingerprint density at radius 3 is 2.46 bits per heavy atom. The van der Waals surface area contributed by atoms with Gasteiger partial charge in [-0.05, 0) is 57.1 Å². The number of aliphatic hydroxyl groups is 1. The molecule has 0 aliphatic carbocycles. The van der Waals surface area contributed by atoms with Crippen LogP contribution in [0, 0.1) is 3.57 Å². The summed E-state index contributed by atoms with van der Waals surface area (Å²) in [6, 6.07) is 12.3. The van der Waals surface area contributed by atoms with Gasteiger partial charge in [-0.3, -0.25) is 0 Å². The normalized spacial score (nSPS) is 10.6. The Bertz CT molecular complexity index is 437. The molecule has 0 aromatic heterocycles. The maximum atomic E-state index is 8.95. The molecule has 0 fully saturated rings. The number of fused-ring (bicyclic) bond motifs is 1. The molecule has 2 rings (SSSR count). The van der Waals surface area contributed by atoms with Crippen molar-refractivity contribution in [2.24, 2.45) is 0 Å². The molecule has 1 N–H and O–H groups in total. The molecule has 2 aromatic rings. The molecule has 0 aliphatic rings. The van der Waals surface area contributed by atoms with Crippen LogP contribution in [0.1, 0.15) is 5.56 Å². The Morgan fingerprint density at radius 1 is 1.00 bits per heavy atom. The molecule has 0 amide bonds. The van der Waals surface area contributed by atoms with Crippen LogP contribution in [-0.2, 0) is 6.61 Å². The van der Waals surface area contributed by atoms with Crippen LogP contribution < -0.4 is 0 Å². The molecule has 0 unspecified atom stereocenters. The van der Waals surface area contributed by atoms with Crippen LogP contribution in [0.3, 0.4) is 0 Å². The average Bonchev–Trinajstić information content (AvgIpc) is 2.17. The highest BCUT2D eigenvalue weighted by Crippen LogP contribution is 2.18. The Morgan fingerprint density at radius 2 is 1.69 bits per heavy atom. The van der Waals surface area contributed by atoms with Crippen molar-refractivity contribution in [3.63, 3.8) is 0 Å². The van der Waals surface area contributed by atoms with Crippen LogP contribution in [0.2, 0.25) is 0 Å². The number of aliphatic hydroxyl groups excluding tert-OH is 1. The maximum absolute atomic E-state index is 8.95. The van der Waals surface area contributed by atoms with Crippen LogP contribution in [0.5, 0.6) is 0 Å². The van der Waals surface area contributed by atoms with Crippen LogP contribution in [-0.4, -0.2) is 5.11 Å². The van der Waals surface area contributed by atoms with Crippen LogP contribution in [0.15, 0.2) is 36.4 Å². The smallest absolute Gasteiger partial charge is 0.0682 e. The van der Waals surface area contributed by atoms with E-state index in [1.165, 1.54) is 14.3 Å². The van der Waals surface area contributed by atoms with E-state index in [0.29, 0.717) is 0 Å². The Labute approximate surface area is 90.5 Å². The van der Waals surface area contributed by atoms with E-state index in [1.54, 1.807) is 0 Å². The van der Waals surface area contributed by atoms with Crippen molar-refractivity contribution in [1.29, 1.82) is 0 Å². The summed E-state index contributed by atoms with van der Waals surface area (Å²) in [5.41, 5.74) is 0.966. The van der Waals surface area contributed by atoms with E-state index in [-0.39, 0.29) is 6.61 Å². The van der Waals surface area contributed by atoms with Crippen molar-refractivity contribution in [2.45, 2.75) is 6.61 Å². The van der Waals surface area contributed by atoms with Gasteiger partial charge in [0.05, 0.1) is 6.61 Å². The first-order valence-corrected chi connectivity index (χ1v) is 5.16. The average molecular weight is 284 g/mol. The number of benzene rings is 2. The minimum atomic E-state index is 0.113. The summed E-state index contributed by atoms with van der Waals surface area (Å²) in [5.74, 6) is 0. The summed E-state index contributed by atoms with van der Waals surface area (Å²) >= 11 is 2.30. The lowest BCUT2D eigenvalue weighted by Gasteiger charge is -2.00. The van der Waals surface area contributed by atoms with Crippen molar-refractivity contribution < 1.29 is 5.11 Å². The summed E-state index contributed by atoms with van der Waals surface area (Å²) in [4.78, 5) is 0. The first-order valence-electron chi connectivity index (χ1n) is 4.08. The summed E-state index contributed by atoms with van der Waals surface area (Å²) in [7, 11) is 0. The van der Waals surface area contributed by atoms with E-state index in [0.717, 1.165) is 5.56 Å². The SMILES string of the molecule is OCc1ccc2cc(I)ccc2c1. The molecule has 0 spiro atoms. The van der Waals surface area contributed by atoms with E-state index >= 15 is 0 Å². The van der Waals surface area contributed by atoms with Crippen molar-refractivity contribution in [3.8, 4) is 0 Å². The lowest BCUT2D eigenvalue weighted by molar-refractivity contribution is 0.282. The third-order valence-corrected chi connectivity index (χ3v) is 2.72. The fraction of sp³-hybridized carbons (Fsp3) is 0.0909. The van der Waals surface area contributed by atoms with Gasteiger partial charge in [-0.25, -0.2) is 0 Å². The first kappa shape index (κ1) is 8.97. The molecule has 2 heteroatoms. The van der Waals surface area contributed by atoms with E-state index in [4.69, 9.17) is 5.11 Å². The van der Waals surface area contributed by atoms with Gasteiger partial charge in [0.2, 0.25) is 0 Å². The fourth-order valence-electron chi connectivity index (χ4n) is 1.36. The number of hydrogen-bond donors (Lipinski definition) is 1. The highest BCUT2D eigenvalue weighted by atomic mass is 127. The molecular formula is C11H9IO. The molecule has 2 aromatic carbocycles. The molecule has 0 saturated heterocycles. The predicted molar refractivity (Wildman–Crippen MR) is 62.6 cm³/mol. The predicted octanol–water partition coefficient (Wildman–Crippen LogP) is 2.94. The molecule has 0 bridgehead atoms. The van der Waals surface area contributed by atoms with Gasteiger partial charge in [0.25, 0.3) is 0 Å². The summed E-state index contributed by atoms with van der Waals surface area (Å²) in [5, 5.41) is 11.4. The topological polar surface area (TPSA) is 20.2 Å². The van der Waals surface area contributed by atoms with Crippen LogP contribution in [0.4, 0.5) is 0 Å². The zero-order chi connectivity index (χ0) is 9.26. The first-order chi connectivity index (χ1) is 6.29. The lowest BCUT2D eigenvalue weighted by atomic mass is 10.1. The van der Waals surface area contributed by atoms with Gasteiger partial charge in [-0.2, -0.15) is 0 Å². The second-order valence-corrected chi connectivity index (χ2v) is 4.23. The molecule has 0 radical (unpaired) electrons. The highest BCUT2D eigenvalue weighted by molar-refractivity contribution is 14.1. The third kappa shape index (κ3) is 1.84. The number of hydrogen-bond acceptors (Lipinski definition) is 1. The van der Waals surface area contributed by atoms with E-state index < -0.39 is 0 Å². The van der Waals surface area contributed by atoms with E-state index in [2.05, 4.69) is 40.8 Å². The molecular weight excluding hydrogens is 275 g/mol. The van der Waals surface area contributed by atoms with Crippen LogP contribution in [0.25, 0.3) is 10.8 Å². The van der Waals surface area contributed by atoms with Crippen LogP contribution >= 0.6 is 22.6 Å². The quantitative estimate of drug-likeness (QED) is 0.798. The van der Waals surface area contributed by atoms with Crippen molar-refractivity contribution >= 4 is 33.4 Å². The Kier molecular flexibility index (Phi) is 2.51. The van der Waals surface area contributed by atoms with Gasteiger partial charge in [-0.15, -0.1) is 0 Å². The van der Waals surface area contributed by atoms with Crippen molar-refractivity contribution in [2.75, 3.05) is 0 Å². The fourth-order valence-corrected chi connectivity index (χ4v) is 1.88. The zero-order valence-electron chi connectivity index (χ0n) is 7.00. The van der Waals surface area contributed by atoms with Gasteiger partial charge in [-0.1, -0.05) is 18.2 Å². The lowest BCUT2D eigenvalue weighted by Crippen LogP contribution is -1.82. The van der Waals surface area contributed by atoms with Gasteiger partial charge in [0, 0.05) is 3.57 Å². The molecule has 0 heterocycles. The van der Waals surface area contributed by atoms with Crippen molar-refractivity contribution in [3.05, 3.63) is 45.5 Å². The molecule has 66 valence electrons. The molecule has 0 atom stereocenters. The third-order valence-electron chi connectivity index (χ3n) is 2.05. The summed E-state index contributed by atoms with van der Waals surface area (Å²) in [6.45, 7) is 0.113. The standard InChI is InChI=1S/C11H9IO/c12-11-4-3-9-5-8(7-13)1-2-10(9)6-11/h1-6,13H,7H2. The summed E-state index contributed by atoms with van der Waals surface area (Å²) < 4.78 is 1.24. The highest BCUT2D eigenvalue weighted by Gasteiger charge is 1.95. The Balaban J connectivity index is 2.66. The molecule has 1 nitrogen and oxygen atoms in total. The molecule has 0 saturated carbocycles. The van der Waals surface area contributed by atoms with E-state index in [9.17, 15) is 0 Å². The molecule has 0 aliphatic heterocycles. The van der Waals surface area contributed by atoms with Gasteiger partial charge in [0.1, 0.15) is 0 Å². The zero-order valence-corrected chi connectivity index (χ0v) is 9.15. The number of halogens is 1. The summed E-state index contributed by atoms with van der Waals surface area (Å²) in [6.07, 6.45) is 0. The Hall–Kier alpha value is -0.610. The molecule has 13 heavy (non-hydrogen) atoms. The van der Waals surface area contributed by atoms with Gasteiger partial charge in [0.15, 0.2) is 0 Å². The van der Waals surface area contributed by atoms with E-state index in [1.807, 2.05) is 18.2 Å². The number of rotatable bonds is 1.